The molecule has 2 N–H and O–H groups in total. The van der Waals surface area contributed by atoms with Gasteiger partial charge in [0.2, 0.25) is 11.2 Å². The minimum atomic E-state index is -1.65. The number of ether oxygens (including phenoxy) is 1. The van der Waals surface area contributed by atoms with E-state index in [4.69, 9.17) is 10.1 Å². The molecular weight excluding hydrogens is 398 g/mol. The Bertz CT molecular complexity index is 1110. The van der Waals surface area contributed by atoms with Gasteiger partial charge in [0.25, 0.3) is 0 Å². The highest BCUT2D eigenvalue weighted by molar-refractivity contribution is 7.89. The Kier molecular flexibility index (Phi) is 5.22. The Balaban J connectivity index is 1.85. The molecule has 0 saturated carbocycles. The summed E-state index contributed by atoms with van der Waals surface area (Å²) in [6.45, 7) is 3.98. The van der Waals surface area contributed by atoms with Crippen molar-refractivity contribution in [3.05, 3.63) is 83.4 Å². The first-order valence-corrected chi connectivity index (χ1v) is 10.6. The topological polar surface area (TPSA) is 76.9 Å². The average Bonchev–Trinajstić information content (AvgIpc) is 3.00. The summed E-state index contributed by atoms with van der Waals surface area (Å²) in [6, 6.07) is 19.7. The van der Waals surface area contributed by atoms with Gasteiger partial charge in [0.1, 0.15) is 11.9 Å². The lowest BCUT2D eigenvalue weighted by atomic mass is 10.0. The maximum atomic E-state index is 13.6. The van der Waals surface area contributed by atoms with E-state index in [0.29, 0.717) is 17.0 Å². The number of aromatic hydroxyl groups is 1. The number of nitrogens with zero attached hydrogens (tertiary/aromatic N) is 2. The van der Waals surface area contributed by atoms with E-state index < -0.39 is 17.2 Å². The van der Waals surface area contributed by atoms with Gasteiger partial charge in [-0.1, -0.05) is 41.5 Å². The molecule has 2 unspecified atom stereocenters. The molecule has 30 heavy (non-hydrogen) atoms. The van der Waals surface area contributed by atoms with Crippen LogP contribution in [0.15, 0.2) is 66.7 Å². The first kappa shape index (κ1) is 20.0. The maximum absolute atomic E-state index is 13.6. The van der Waals surface area contributed by atoms with Crippen molar-refractivity contribution < 1.29 is 14.1 Å². The second-order valence-corrected chi connectivity index (χ2v) is 8.46. The summed E-state index contributed by atoms with van der Waals surface area (Å²) in [4.78, 5) is 0. The summed E-state index contributed by atoms with van der Waals surface area (Å²) in [5.41, 5.74) is 4.32. The number of phenols is 1. The van der Waals surface area contributed by atoms with E-state index in [2.05, 4.69) is 0 Å². The Labute approximate surface area is 178 Å². The lowest BCUT2D eigenvalue weighted by molar-refractivity contribution is 0.373. The van der Waals surface area contributed by atoms with E-state index in [1.165, 1.54) is 17.5 Å². The van der Waals surface area contributed by atoms with Gasteiger partial charge in [-0.2, -0.15) is 0 Å². The number of aryl methyl sites for hydroxylation is 2. The fourth-order valence-electron chi connectivity index (χ4n) is 3.48. The van der Waals surface area contributed by atoms with Gasteiger partial charge in [0, 0.05) is 0 Å². The van der Waals surface area contributed by atoms with Crippen LogP contribution >= 0.6 is 0 Å². The third-order valence-electron chi connectivity index (χ3n) is 5.11. The summed E-state index contributed by atoms with van der Waals surface area (Å²) in [7, 11) is 1.48. The van der Waals surface area contributed by atoms with E-state index in [9.17, 15) is 9.32 Å². The zero-order valence-corrected chi connectivity index (χ0v) is 17.8. The minimum Gasteiger partial charge on any atom is -0.504 e. The molecule has 1 heterocycles. The molecule has 6 nitrogen and oxygen atoms in total. The fourth-order valence-corrected chi connectivity index (χ4v) is 4.93. The molecule has 0 spiro atoms. The van der Waals surface area contributed by atoms with Crippen molar-refractivity contribution in [2.75, 3.05) is 15.7 Å². The van der Waals surface area contributed by atoms with Crippen LogP contribution in [-0.4, -0.2) is 22.3 Å². The highest BCUT2D eigenvalue weighted by Gasteiger charge is 2.44. The Morgan fingerprint density at radius 1 is 0.933 bits per heavy atom. The fraction of sp³-hybridized carbons (Fsp3) is 0.174. The molecule has 1 fully saturated rings. The minimum absolute atomic E-state index is 0.0178. The van der Waals surface area contributed by atoms with Gasteiger partial charge in [-0.25, -0.2) is 8.51 Å². The second-order valence-electron chi connectivity index (χ2n) is 7.24. The van der Waals surface area contributed by atoms with Crippen LogP contribution in [0.4, 0.5) is 11.4 Å². The number of hydrogen-bond acceptors (Lipinski definition) is 4. The third kappa shape index (κ3) is 3.41. The number of rotatable bonds is 4. The summed E-state index contributed by atoms with van der Waals surface area (Å²) in [5.74, 6) is 0.512. The van der Waals surface area contributed by atoms with Crippen molar-refractivity contribution in [3.63, 3.8) is 0 Å². The number of nitrogens with one attached hydrogen (secondary N) is 1. The molecule has 3 aromatic carbocycles. The molecule has 4 rings (SSSR count). The van der Waals surface area contributed by atoms with Crippen molar-refractivity contribution in [2.45, 2.75) is 19.9 Å². The summed E-state index contributed by atoms with van der Waals surface area (Å²) in [6.07, 6.45) is 0. The van der Waals surface area contributed by atoms with Crippen LogP contribution in [-0.2, 0) is 11.2 Å². The Morgan fingerprint density at radius 2 is 1.50 bits per heavy atom. The van der Waals surface area contributed by atoms with E-state index >= 15 is 0 Å². The highest BCUT2D eigenvalue weighted by Crippen LogP contribution is 2.41. The second kappa shape index (κ2) is 7.84. The van der Waals surface area contributed by atoms with E-state index in [1.807, 2.05) is 62.4 Å². The average molecular weight is 422 g/mol. The first-order chi connectivity index (χ1) is 14.4. The lowest BCUT2D eigenvalue weighted by Crippen LogP contribution is -2.27. The summed E-state index contributed by atoms with van der Waals surface area (Å²) >= 11 is -1.65. The van der Waals surface area contributed by atoms with Crippen LogP contribution in [0.25, 0.3) is 0 Å². The van der Waals surface area contributed by atoms with Gasteiger partial charge < -0.3 is 9.84 Å². The standard InChI is InChI=1S/C23H23N3O3S/c1-15-4-9-18(10-5-15)25-22(17-8-13-20(27)21(14-17)29-3)23(24)26(30(25)28)19-11-6-16(2)7-12-19/h4-14,22,24,27H,1-3H3. The van der Waals surface area contributed by atoms with E-state index in [-0.39, 0.29) is 11.6 Å². The van der Waals surface area contributed by atoms with E-state index in [1.54, 1.807) is 16.4 Å². The van der Waals surface area contributed by atoms with Gasteiger partial charge in [-0.3, -0.25) is 9.71 Å². The number of methoxy groups -OCH3 is 1. The molecule has 0 aliphatic carbocycles. The van der Waals surface area contributed by atoms with E-state index in [0.717, 1.165) is 16.8 Å². The molecule has 1 aliphatic rings. The quantitative estimate of drug-likeness (QED) is 0.644. The smallest absolute Gasteiger partial charge is 0.232 e. The van der Waals surface area contributed by atoms with Crippen LogP contribution in [0.5, 0.6) is 11.5 Å². The van der Waals surface area contributed by atoms with Gasteiger partial charge in [-0.05, 0) is 55.8 Å². The third-order valence-corrected chi connectivity index (χ3v) is 6.59. The van der Waals surface area contributed by atoms with Gasteiger partial charge in [-0.15, -0.1) is 0 Å². The molecule has 0 bridgehead atoms. The monoisotopic (exact) mass is 421 g/mol. The van der Waals surface area contributed by atoms with Crippen LogP contribution in [0.2, 0.25) is 0 Å². The maximum Gasteiger partial charge on any atom is 0.232 e. The van der Waals surface area contributed by atoms with Crippen LogP contribution in [0.3, 0.4) is 0 Å². The normalized spacial score (nSPS) is 18.7. The largest absolute Gasteiger partial charge is 0.504 e. The molecule has 7 heteroatoms. The van der Waals surface area contributed by atoms with Crippen molar-refractivity contribution in [3.8, 4) is 11.5 Å². The molecule has 1 aliphatic heterocycles. The predicted octanol–water partition coefficient (Wildman–Crippen LogP) is 4.64. The first-order valence-electron chi connectivity index (χ1n) is 9.50. The lowest BCUT2D eigenvalue weighted by Gasteiger charge is -2.23. The predicted molar refractivity (Wildman–Crippen MR) is 121 cm³/mol. The summed E-state index contributed by atoms with van der Waals surface area (Å²) < 4.78 is 22.1. The van der Waals surface area contributed by atoms with Gasteiger partial charge >= 0.3 is 0 Å². The van der Waals surface area contributed by atoms with Crippen molar-refractivity contribution in [1.82, 2.24) is 0 Å². The van der Waals surface area contributed by atoms with Crippen molar-refractivity contribution in [1.29, 1.82) is 5.41 Å². The zero-order chi connectivity index (χ0) is 21.4. The van der Waals surface area contributed by atoms with Crippen LogP contribution < -0.4 is 13.3 Å². The number of anilines is 2. The van der Waals surface area contributed by atoms with Gasteiger partial charge in [0.15, 0.2) is 11.5 Å². The molecule has 2 atom stereocenters. The van der Waals surface area contributed by atoms with Crippen LogP contribution in [0, 0.1) is 19.3 Å². The van der Waals surface area contributed by atoms with Crippen LogP contribution in [0.1, 0.15) is 22.7 Å². The Hall–Kier alpha value is -3.32. The molecular formula is C23H23N3O3S. The molecule has 154 valence electrons. The zero-order valence-electron chi connectivity index (χ0n) is 17.0. The number of phenolic OH excluding ortho intramolecular Hbond substituents is 1. The highest BCUT2D eigenvalue weighted by atomic mass is 32.2. The SMILES string of the molecule is COc1cc(C2C(=N)N(c3ccc(C)cc3)S(=O)N2c2ccc(C)cc2)ccc1O. The van der Waals surface area contributed by atoms with Crippen molar-refractivity contribution >= 4 is 28.4 Å². The van der Waals surface area contributed by atoms with Gasteiger partial charge in [0.05, 0.1) is 18.5 Å². The number of hydrogen-bond donors (Lipinski definition) is 2. The molecule has 3 aromatic rings. The molecule has 0 aromatic heterocycles. The number of benzene rings is 3. The summed E-state index contributed by atoms with van der Waals surface area (Å²) in [5, 5.41) is 18.9. The van der Waals surface area contributed by atoms with Crippen molar-refractivity contribution in [2.24, 2.45) is 0 Å². The molecule has 0 radical (unpaired) electrons. The Morgan fingerprint density at radius 3 is 2.07 bits per heavy atom. The number of amidine groups is 1. The molecule has 1 saturated heterocycles. The molecule has 0 amide bonds.